The minimum Gasteiger partial charge on any atom is -0.444 e. The Labute approximate surface area is 110 Å². The summed E-state index contributed by atoms with van der Waals surface area (Å²) in [6.45, 7) is 8.67. The summed E-state index contributed by atoms with van der Waals surface area (Å²) in [5.41, 5.74) is -0.435. The average Bonchev–Trinajstić information content (AvgIpc) is 2.28. The Morgan fingerprint density at radius 2 is 2.22 bits per heavy atom. The smallest absolute Gasteiger partial charge is 0.410 e. The third kappa shape index (κ3) is 6.21. The Hall–Kier alpha value is -0.810. The van der Waals surface area contributed by atoms with Crippen LogP contribution in [0.3, 0.4) is 0 Å². The van der Waals surface area contributed by atoms with Crippen LogP contribution in [0.2, 0.25) is 0 Å². The molecule has 0 saturated carbocycles. The summed E-state index contributed by atoms with van der Waals surface area (Å²) in [4.78, 5) is 13.3. The molecule has 0 aromatic rings. The van der Waals surface area contributed by atoms with E-state index < -0.39 is 5.60 Å². The zero-order chi connectivity index (χ0) is 13.6. The normalized spacial score (nSPS) is 20.6. The number of carbonyl (C=O) groups excluding carboxylic acids is 1. The molecule has 1 unspecified atom stereocenters. The zero-order valence-corrected chi connectivity index (χ0v) is 12.0. The summed E-state index contributed by atoms with van der Waals surface area (Å²) in [5.74, 6) is 0. The monoisotopic (exact) mass is 258 g/mol. The third-order valence-electron chi connectivity index (χ3n) is 2.75. The van der Waals surface area contributed by atoms with Crippen molar-refractivity contribution < 1.29 is 14.3 Å². The maximum Gasteiger partial charge on any atom is 0.410 e. The molecule has 0 aromatic carbocycles. The number of likely N-dealkylation sites (N-methyl/N-ethyl adjacent to an activating group) is 1. The van der Waals surface area contributed by atoms with Gasteiger partial charge in [-0.15, -0.1) is 0 Å². The number of amides is 1. The van der Waals surface area contributed by atoms with E-state index in [4.69, 9.17) is 9.47 Å². The predicted molar refractivity (Wildman–Crippen MR) is 70.7 cm³/mol. The number of hydrogen-bond acceptors (Lipinski definition) is 4. The van der Waals surface area contributed by atoms with Crippen molar-refractivity contribution in [1.82, 2.24) is 10.2 Å². The molecule has 1 saturated heterocycles. The molecule has 0 radical (unpaired) electrons. The molecule has 1 aliphatic heterocycles. The molecule has 1 atom stereocenters. The maximum absolute atomic E-state index is 11.7. The van der Waals surface area contributed by atoms with Crippen LogP contribution in [0, 0.1) is 0 Å². The first-order chi connectivity index (χ1) is 8.38. The van der Waals surface area contributed by atoms with E-state index in [-0.39, 0.29) is 6.09 Å². The summed E-state index contributed by atoms with van der Waals surface area (Å²) in [5, 5.41) is 3.40. The van der Waals surface area contributed by atoms with Crippen LogP contribution in [-0.4, -0.2) is 56.0 Å². The van der Waals surface area contributed by atoms with Crippen molar-refractivity contribution in [2.45, 2.75) is 45.3 Å². The number of rotatable bonds is 4. The predicted octanol–water partition coefficient (Wildman–Crippen LogP) is 1.62. The minimum atomic E-state index is -0.435. The van der Waals surface area contributed by atoms with Crippen LogP contribution < -0.4 is 5.32 Å². The molecule has 0 aliphatic carbocycles. The van der Waals surface area contributed by atoms with Crippen molar-refractivity contribution in [3.8, 4) is 0 Å². The first kappa shape index (κ1) is 15.2. The van der Waals surface area contributed by atoms with Crippen LogP contribution >= 0.6 is 0 Å². The molecule has 1 heterocycles. The van der Waals surface area contributed by atoms with Gasteiger partial charge >= 0.3 is 6.09 Å². The number of ether oxygens (including phenoxy) is 2. The van der Waals surface area contributed by atoms with Gasteiger partial charge in [-0.3, -0.25) is 0 Å². The summed E-state index contributed by atoms with van der Waals surface area (Å²) in [6.07, 6.45) is 1.99. The number of nitrogens with one attached hydrogen (secondary N) is 1. The quantitative estimate of drug-likeness (QED) is 0.832. The van der Waals surface area contributed by atoms with E-state index in [0.29, 0.717) is 12.6 Å². The Morgan fingerprint density at radius 3 is 2.78 bits per heavy atom. The fraction of sp³-hybridized carbons (Fsp3) is 0.923. The van der Waals surface area contributed by atoms with Gasteiger partial charge < -0.3 is 19.7 Å². The van der Waals surface area contributed by atoms with Gasteiger partial charge in [0.05, 0.1) is 6.61 Å². The fourth-order valence-corrected chi connectivity index (χ4v) is 1.77. The van der Waals surface area contributed by atoms with E-state index in [1.54, 1.807) is 11.9 Å². The van der Waals surface area contributed by atoms with Crippen molar-refractivity contribution in [2.24, 2.45) is 0 Å². The van der Waals surface area contributed by atoms with Gasteiger partial charge in [-0.05, 0) is 33.6 Å². The van der Waals surface area contributed by atoms with E-state index >= 15 is 0 Å². The molecule has 5 nitrogen and oxygen atoms in total. The van der Waals surface area contributed by atoms with Crippen LogP contribution in [0.25, 0.3) is 0 Å². The molecule has 1 rings (SSSR count). The highest BCUT2D eigenvalue weighted by atomic mass is 16.6. The minimum absolute atomic E-state index is 0.274. The molecule has 1 fully saturated rings. The van der Waals surface area contributed by atoms with Gasteiger partial charge in [-0.1, -0.05) is 0 Å². The average molecular weight is 258 g/mol. The van der Waals surface area contributed by atoms with Gasteiger partial charge in [0.2, 0.25) is 0 Å². The summed E-state index contributed by atoms with van der Waals surface area (Å²) >= 11 is 0. The first-order valence-corrected chi connectivity index (χ1v) is 6.64. The highest BCUT2D eigenvalue weighted by Crippen LogP contribution is 2.09. The van der Waals surface area contributed by atoms with Crippen molar-refractivity contribution >= 4 is 6.09 Å². The second-order valence-corrected chi connectivity index (χ2v) is 5.77. The van der Waals surface area contributed by atoms with Crippen LogP contribution in [0.5, 0.6) is 0 Å². The Morgan fingerprint density at radius 1 is 1.50 bits per heavy atom. The summed E-state index contributed by atoms with van der Waals surface area (Å²) in [7, 11) is 1.76. The van der Waals surface area contributed by atoms with Crippen molar-refractivity contribution in [3.63, 3.8) is 0 Å². The number of nitrogens with zero attached hydrogens (tertiary/aromatic N) is 1. The Balaban J connectivity index is 2.15. The van der Waals surface area contributed by atoms with Gasteiger partial charge in [-0.2, -0.15) is 0 Å². The van der Waals surface area contributed by atoms with Crippen molar-refractivity contribution in [2.75, 3.05) is 33.4 Å². The molecular weight excluding hydrogens is 232 g/mol. The Kier molecular flexibility index (Phi) is 5.88. The Bertz CT molecular complexity index is 257. The van der Waals surface area contributed by atoms with Gasteiger partial charge in [0, 0.05) is 32.8 Å². The van der Waals surface area contributed by atoms with E-state index in [2.05, 4.69) is 5.32 Å². The van der Waals surface area contributed by atoms with Gasteiger partial charge in [0.15, 0.2) is 0 Å². The van der Waals surface area contributed by atoms with Crippen LogP contribution in [-0.2, 0) is 9.47 Å². The van der Waals surface area contributed by atoms with E-state index in [1.807, 2.05) is 20.8 Å². The second kappa shape index (κ2) is 6.95. The molecule has 18 heavy (non-hydrogen) atoms. The summed E-state index contributed by atoms with van der Waals surface area (Å²) < 4.78 is 10.7. The van der Waals surface area contributed by atoms with E-state index in [1.165, 1.54) is 0 Å². The molecule has 1 amide bonds. The van der Waals surface area contributed by atoms with Crippen LogP contribution in [0.4, 0.5) is 4.79 Å². The van der Waals surface area contributed by atoms with Crippen molar-refractivity contribution in [3.05, 3.63) is 0 Å². The lowest BCUT2D eigenvalue weighted by atomic mass is 10.1. The fourth-order valence-electron chi connectivity index (χ4n) is 1.77. The van der Waals surface area contributed by atoms with E-state index in [9.17, 15) is 4.79 Å². The highest BCUT2D eigenvalue weighted by Gasteiger charge is 2.19. The standard InChI is InChI=1S/C13H26N2O3/c1-13(2,3)18-12(16)15(4)8-7-14-11-6-5-9-17-10-11/h11,14H,5-10H2,1-4H3. The largest absolute Gasteiger partial charge is 0.444 e. The maximum atomic E-state index is 11.7. The molecular formula is C13H26N2O3. The van der Waals surface area contributed by atoms with Crippen molar-refractivity contribution in [1.29, 1.82) is 0 Å². The van der Waals surface area contributed by atoms with Gasteiger partial charge in [0.1, 0.15) is 5.60 Å². The number of hydrogen-bond donors (Lipinski definition) is 1. The molecule has 0 spiro atoms. The number of carbonyl (C=O) groups is 1. The topological polar surface area (TPSA) is 50.8 Å². The van der Waals surface area contributed by atoms with Gasteiger partial charge in [-0.25, -0.2) is 4.79 Å². The second-order valence-electron chi connectivity index (χ2n) is 5.77. The van der Waals surface area contributed by atoms with Crippen LogP contribution in [0.15, 0.2) is 0 Å². The third-order valence-corrected chi connectivity index (χ3v) is 2.75. The van der Waals surface area contributed by atoms with Gasteiger partial charge in [0.25, 0.3) is 0 Å². The molecule has 1 N–H and O–H groups in total. The lowest BCUT2D eigenvalue weighted by Gasteiger charge is -2.26. The van der Waals surface area contributed by atoms with E-state index in [0.717, 1.165) is 32.6 Å². The summed E-state index contributed by atoms with van der Waals surface area (Å²) in [6, 6.07) is 0.422. The molecule has 1 aliphatic rings. The van der Waals surface area contributed by atoms with Crippen LogP contribution in [0.1, 0.15) is 33.6 Å². The molecule has 5 heteroatoms. The molecule has 0 bridgehead atoms. The lowest BCUT2D eigenvalue weighted by Crippen LogP contribution is -2.42. The zero-order valence-electron chi connectivity index (χ0n) is 12.0. The SMILES string of the molecule is CN(CCNC1CCCOC1)C(=O)OC(C)(C)C. The first-order valence-electron chi connectivity index (χ1n) is 6.64. The lowest BCUT2D eigenvalue weighted by molar-refractivity contribution is 0.0292. The highest BCUT2D eigenvalue weighted by molar-refractivity contribution is 5.67. The molecule has 106 valence electrons. The molecule has 0 aromatic heterocycles.